The molecule has 0 saturated carbocycles. The molecule has 0 spiro atoms. The van der Waals surface area contributed by atoms with Crippen molar-refractivity contribution in [2.45, 2.75) is 19.8 Å². The van der Waals surface area contributed by atoms with Crippen molar-refractivity contribution < 1.29 is 9.53 Å². The predicted molar refractivity (Wildman–Crippen MR) is 57.2 cm³/mol. The standard InChI is InChI=1S/C11H13ClO2/c1-3-4-10(13)8-5-6-9(12)11(7-8)14-2/h5-7H,3-4H2,1-2H3. The highest BCUT2D eigenvalue weighted by molar-refractivity contribution is 6.32. The molecule has 76 valence electrons. The van der Waals surface area contributed by atoms with E-state index in [4.69, 9.17) is 16.3 Å². The molecule has 0 aliphatic carbocycles. The second-order valence-electron chi connectivity index (χ2n) is 3.02. The summed E-state index contributed by atoms with van der Waals surface area (Å²) in [6.07, 6.45) is 1.41. The Labute approximate surface area is 88.8 Å². The van der Waals surface area contributed by atoms with Crippen LogP contribution in [0, 0.1) is 0 Å². The summed E-state index contributed by atoms with van der Waals surface area (Å²) in [5.74, 6) is 0.677. The first-order valence-corrected chi connectivity index (χ1v) is 4.93. The molecule has 2 nitrogen and oxygen atoms in total. The molecule has 0 aromatic heterocycles. The number of halogens is 1. The highest BCUT2D eigenvalue weighted by Gasteiger charge is 2.07. The SMILES string of the molecule is CCCC(=O)c1ccc(Cl)c(OC)c1. The van der Waals surface area contributed by atoms with Crippen molar-refractivity contribution in [3.05, 3.63) is 28.8 Å². The monoisotopic (exact) mass is 212 g/mol. The van der Waals surface area contributed by atoms with Crippen molar-refractivity contribution in [3.8, 4) is 5.75 Å². The third kappa shape index (κ3) is 2.48. The van der Waals surface area contributed by atoms with Crippen LogP contribution in [0.5, 0.6) is 5.75 Å². The minimum atomic E-state index is 0.127. The van der Waals surface area contributed by atoms with Gasteiger partial charge in [-0.15, -0.1) is 0 Å². The Morgan fingerprint density at radius 3 is 2.79 bits per heavy atom. The molecule has 0 fully saturated rings. The van der Waals surface area contributed by atoms with Crippen LogP contribution in [0.25, 0.3) is 0 Å². The first-order valence-electron chi connectivity index (χ1n) is 4.55. The summed E-state index contributed by atoms with van der Waals surface area (Å²) in [6, 6.07) is 5.09. The minimum absolute atomic E-state index is 0.127. The summed E-state index contributed by atoms with van der Waals surface area (Å²) < 4.78 is 5.03. The van der Waals surface area contributed by atoms with E-state index in [2.05, 4.69) is 0 Å². The predicted octanol–water partition coefficient (Wildman–Crippen LogP) is 3.33. The normalized spacial score (nSPS) is 9.93. The van der Waals surface area contributed by atoms with E-state index in [1.807, 2.05) is 6.92 Å². The molecule has 1 aromatic carbocycles. The molecular formula is C11H13ClO2. The number of Topliss-reactive ketones (excluding diaryl/α,β-unsaturated/α-hetero) is 1. The fraction of sp³-hybridized carbons (Fsp3) is 0.364. The Hall–Kier alpha value is -1.02. The number of carbonyl (C=O) groups excluding carboxylic acids is 1. The van der Waals surface area contributed by atoms with Gasteiger partial charge in [-0.05, 0) is 24.6 Å². The molecule has 0 aliphatic rings. The minimum Gasteiger partial charge on any atom is -0.495 e. The zero-order valence-corrected chi connectivity index (χ0v) is 9.10. The lowest BCUT2D eigenvalue weighted by Crippen LogP contribution is -1.98. The van der Waals surface area contributed by atoms with Crippen molar-refractivity contribution >= 4 is 17.4 Å². The summed E-state index contributed by atoms with van der Waals surface area (Å²) in [5, 5.41) is 0.528. The topological polar surface area (TPSA) is 26.3 Å². The highest BCUT2D eigenvalue weighted by atomic mass is 35.5. The number of methoxy groups -OCH3 is 1. The lowest BCUT2D eigenvalue weighted by Gasteiger charge is -2.05. The second kappa shape index (κ2) is 5.01. The van der Waals surface area contributed by atoms with Gasteiger partial charge in [-0.1, -0.05) is 18.5 Å². The summed E-state index contributed by atoms with van der Waals surface area (Å²) in [4.78, 5) is 11.5. The van der Waals surface area contributed by atoms with Crippen molar-refractivity contribution in [2.75, 3.05) is 7.11 Å². The maximum Gasteiger partial charge on any atom is 0.163 e. The molecule has 1 rings (SSSR count). The molecule has 3 heteroatoms. The van der Waals surface area contributed by atoms with Crippen molar-refractivity contribution in [3.63, 3.8) is 0 Å². The summed E-state index contributed by atoms with van der Waals surface area (Å²) >= 11 is 5.84. The van der Waals surface area contributed by atoms with E-state index in [1.54, 1.807) is 18.2 Å². The van der Waals surface area contributed by atoms with Crippen LogP contribution in [0.2, 0.25) is 5.02 Å². The van der Waals surface area contributed by atoms with Crippen LogP contribution < -0.4 is 4.74 Å². The van der Waals surface area contributed by atoms with E-state index in [0.29, 0.717) is 22.8 Å². The molecule has 0 bridgehead atoms. The number of hydrogen-bond donors (Lipinski definition) is 0. The Morgan fingerprint density at radius 1 is 1.50 bits per heavy atom. The van der Waals surface area contributed by atoms with Gasteiger partial charge in [-0.2, -0.15) is 0 Å². The molecule has 0 heterocycles. The number of carbonyl (C=O) groups is 1. The Balaban J connectivity index is 2.94. The van der Waals surface area contributed by atoms with E-state index in [-0.39, 0.29) is 5.78 Å². The van der Waals surface area contributed by atoms with Gasteiger partial charge in [0.15, 0.2) is 5.78 Å². The first kappa shape index (κ1) is 11.1. The van der Waals surface area contributed by atoms with E-state index < -0.39 is 0 Å². The molecule has 0 saturated heterocycles. The highest BCUT2D eigenvalue weighted by Crippen LogP contribution is 2.25. The van der Waals surface area contributed by atoms with Crippen LogP contribution in [-0.2, 0) is 0 Å². The molecule has 0 aliphatic heterocycles. The van der Waals surface area contributed by atoms with Gasteiger partial charge in [0.2, 0.25) is 0 Å². The molecule has 0 unspecified atom stereocenters. The van der Waals surface area contributed by atoms with Gasteiger partial charge in [0, 0.05) is 12.0 Å². The average molecular weight is 213 g/mol. The van der Waals surface area contributed by atoms with Crippen LogP contribution in [0.15, 0.2) is 18.2 Å². The van der Waals surface area contributed by atoms with Crippen LogP contribution in [0.1, 0.15) is 30.1 Å². The zero-order chi connectivity index (χ0) is 10.6. The number of ether oxygens (including phenoxy) is 1. The van der Waals surface area contributed by atoms with Crippen LogP contribution in [0.4, 0.5) is 0 Å². The zero-order valence-electron chi connectivity index (χ0n) is 8.34. The van der Waals surface area contributed by atoms with Gasteiger partial charge in [0.1, 0.15) is 5.75 Å². The van der Waals surface area contributed by atoms with Crippen LogP contribution in [-0.4, -0.2) is 12.9 Å². The van der Waals surface area contributed by atoms with Crippen molar-refractivity contribution in [2.24, 2.45) is 0 Å². The Morgan fingerprint density at radius 2 is 2.21 bits per heavy atom. The van der Waals surface area contributed by atoms with Gasteiger partial charge in [-0.25, -0.2) is 0 Å². The number of hydrogen-bond acceptors (Lipinski definition) is 2. The van der Waals surface area contributed by atoms with Gasteiger partial charge >= 0.3 is 0 Å². The number of ketones is 1. The Bertz CT molecular complexity index is 334. The average Bonchev–Trinajstić information content (AvgIpc) is 2.19. The fourth-order valence-corrected chi connectivity index (χ4v) is 1.40. The first-order chi connectivity index (χ1) is 6.69. The number of benzene rings is 1. The van der Waals surface area contributed by atoms with Crippen LogP contribution >= 0.6 is 11.6 Å². The summed E-state index contributed by atoms with van der Waals surface area (Å²) in [6.45, 7) is 1.98. The van der Waals surface area contributed by atoms with Gasteiger partial charge < -0.3 is 4.74 Å². The molecule has 0 atom stereocenters. The van der Waals surface area contributed by atoms with Gasteiger partial charge in [-0.3, -0.25) is 4.79 Å². The van der Waals surface area contributed by atoms with Gasteiger partial charge in [0.05, 0.1) is 12.1 Å². The molecule has 14 heavy (non-hydrogen) atoms. The quantitative estimate of drug-likeness (QED) is 0.716. The van der Waals surface area contributed by atoms with Crippen molar-refractivity contribution in [1.82, 2.24) is 0 Å². The maximum absolute atomic E-state index is 11.5. The molecule has 0 N–H and O–H groups in total. The lowest BCUT2D eigenvalue weighted by atomic mass is 10.1. The third-order valence-electron chi connectivity index (χ3n) is 1.95. The van der Waals surface area contributed by atoms with E-state index in [1.165, 1.54) is 7.11 Å². The molecule has 1 aromatic rings. The Kier molecular flexibility index (Phi) is 3.96. The maximum atomic E-state index is 11.5. The number of rotatable bonds is 4. The molecule has 0 amide bonds. The lowest BCUT2D eigenvalue weighted by molar-refractivity contribution is 0.0981. The fourth-order valence-electron chi connectivity index (χ4n) is 1.20. The second-order valence-corrected chi connectivity index (χ2v) is 3.43. The van der Waals surface area contributed by atoms with E-state index in [9.17, 15) is 4.79 Å². The smallest absolute Gasteiger partial charge is 0.163 e. The molecule has 0 radical (unpaired) electrons. The van der Waals surface area contributed by atoms with Gasteiger partial charge in [0.25, 0.3) is 0 Å². The van der Waals surface area contributed by atoms with Crippen LogP contribution in [0.3, 0.4) is 0 Å². The summed E-state index contributed by atoms with van der Waals surface area (Å²) in [7, 11) is 1.54. The summed E-state index contributed by atoms with van der Waals surface area (Å²) in [5.41, 5.74) is 0.660. The molecular weight excluding hydrogens is 200 g/mol. The third-order valence-corrected chi connectivity index (χ3v) is 2.26. The largest absolute Gasteiger partial charge is 0.495 e. The van der Waals surface area contributed by atoms with Crippen molar-refractivity contribution in [1.29, 1.82) is 0 Å². The van der Waals surface area contributed by atoms with E-state index in [0.717, 1.165) is 6.42 Å². The van der Waals surface area contributed by atoms with E-state index >= 15 is 0 Å².